The summed E-state index contributed by atoms with van der Waals surface area (Å²) in [5.41, 5.74) is 4.79. The monoisotopic (exact) mass is 271 g/mol. The molecular weight excluding hydrogens is 254 g/mol. The van der Waals surface area contributed by atoms with Gasteiger partial charge in [0.1, 0.15) is 5.69 Å². The number of nitrogen functional groups attached to an aromatic ring is 1. The number of nitrogens with one attached hydrogen (secondary N) is 2. The molecule has 0 radical (unpaired) electrons. The molecule has 6 heteroatoms. The molecule has 1 amide bonds. The van der Waals surface area contributed by atoms with Gasteiger partial charge in [-0.05, 0) is 19.4 Å². The highest BCUT2D eigenvalue weighted by atomic mass is 16.1. The lowest BCUT2D eigenvalue weighted by Gasteiger charge is -2.14. The first-order valence-corrected chi connectivity index (χ1v) is 6.26. The lowest BCUT2D eigenvalue weighted by molar-refractivity contribution is 0.0934. The zero-order chi connectivity index (χ0) is 14.5. The molecule has 0 spiro atoms. The second-order valence-electron chi connectivity index (χ2n) is 4.54. The second-order valence-corrected chi connectivity index (χ2v) is 4.54. The van der Waals surface area contributed by atoms with Crippen molar-refractivity contribution < 1.29 is 4.79 Å². The molecule has 0 aliphatic rings. The molecule has 1 aromatic heterocycles. The van der Waals surface area contributed by atoms with Crippen LogP contribution >= 0.6 is 0 Å². The first-order chi connectivity index (χ1) is 9.60. The van der Waals surface area contributed by atoms with Crippen molar-refractivity contribution in [3.05, 3.63) is 53.5 Å². The Morgan fingerprint density at radius 1 is 1.25 bits per heavy atom. The van der Waals surface area contributed by atoms with Gasteiger partial charge in [0.05, 0.1) is 18.4 Å². The fraction of sp³-hybridized carbons (Fsp3) is 0.214. The minimum atomic E-state index is -0.289. The van der Waals surface area contributed by atoms with E-state index in [-0.39, 0.29) is 17.6 Å². The molecule has 1 atom stereocenters. The van der Waals surface area contributed by atoms with Crippen molar-refractivity contribution in [3.63, 3.8) is 0 Å². The first-order valence-electron chi connectivity index (χ1n) is 6.26. The molecular formula is C14H17N5O. The van der Waals surface area contributed by atoms with Crippen LogP contribution in [0.3, 0.4) is 0 Å². The van der Waals surface area contributed by atoms with Gasteiger partial charge in [0.25, 0.3) is 5.91 Å². The zero-order valence-corrected chi connectivity index (χ0v) is 11.4. The summed E-state index contributed by atoms with van der Waals surface area (Å²) in [5, 5.41) is 2.87. The van der Waals surface area contributed by atoms with Gasteiger partial charge in [-0.1, -0.05) is 29.8 Å². The van der Waals surface area contributed by atoms with E-state index in [1.165, 1.54) is 18.0 Å². The molecule has 1 unspecified atom stereocenters. The molecule has 0 aliphatic heterocycles. The highest BCUT2D eigenvalue weighted by molar-refractivity contribution is 5.92. The number of nitrogens with zero attached hydrogens (tertiary/aromatic N) is 2. The van der Waals surface area contributed by atoms with Crippen LogP contribution in [0.25, 0.3) is 0 Å². The normalized spacial score (nSPS) is 11.8. The third-order valence-electron chi connectivity index (χ3n) is 2.94. The largest absolute Gasteiger partial charge is 0.344 e. The van der Waals surface area contributed by atoms with Crippen LogP contribution in [0, 0.1) is 6.92 Å². The standard InChI is InChI=1S/C14H17N5O/c1-9-3-5-11(6-4-9)10(2)17-14(20)12-7-16-8-13(18-12)19-15/h3-8,10H,15H2,1-2H3,(H,17,20)(H,18,19). The predicted octanol–water partition coefficient (Wildman–Crippen LogP) is 1.56. The van der Waals surface area contributed by atoms with Crippen LogP contribution in [0.1, 0.15) is 34.6 Å². The number of hydrogen-bond acceptors (Lipinski definition) is 5. The summed E-state index contributed by atoms with van der Waals surface area (Å²) < 4.78 is 0. The predicted molar refractivity (Wildman–Crippen MR) is 76.9 cm³/mol. The zero-order valence-electron chi connectivity index (χ0n) is 11.4. The summed E-state index contributed by atoms with van der Waals surface area (Å²) in [7, 11) is 0. The molecule has 0 saturated carbocycles. The van der Waals surface area contributed by atoms with E-state index >= 15 is 0 Å². The summed E-state index contributed by atoms with van der Waals surface area (Å²) in [4.78, 5) is 20.0. The number of aromatic nitrogens is 2. The minimum absolute atomic E-state index is 0.112. The number of aryl methyl sites for hydroxylation is 1. The Morgan fingerprint density at radius 2 is 1.95 bits per heavy atom. The van der Waals surface area contributed by atoms with Crippen LogP contribution in [0.15, 0.2) is 36.7 Å². The molecule has 0 aliphatic carbocycles. The van der Waals surface area contributed by atoms with Gasteiger partial charge in [-0.3, -0.25) is 9.78 Å². The molecule has 1 aromatic carbocycles. The number of anilines is 1. The van der Waals surface area contributed by atoms with Gasteiger partial charge in [-0.25, -0.2) is 10.8 Å². The van der Waals surface area contributed by atoms with Gasteiger partial charge in [0.2, 0.25) is 0 Å². The third kappa shape index (κ3) is 3.30. The summed E-state index contributed by atoms with van der Waals surface area (Å²) in [6, 6.07) is 7.89. The van der Waals surface area contributed by atoms with Gasteiger partial charge < -0.3 is 10.7 Å². The van der Waals surface area contributed by atoms with Crippen molar-refractivity contribution in [2.45, 2.75) is 19.9 Å². The van der Waals surface area contributed by atoms with E-state index < -0.39 is 0 Å². The van der Waals surface area contributed by atoms with Crippen molar-refractivity contribution in [2.75, 3.05) is 5.43 Å². The van der Waals surface area contributed by atoms with Gasteiger partial charge in [-0.2, -0.15) is 0 Å². The highest BCUT2D eigenvalue weighted by Gasteiger charge is 2.13. The van der Waals surface area contributed by atoms with Crippen LogP contribution in [-0.2, 0) is 0 Å². The van der Waals surface area contributed by atoms with E-state index in [9.17, 15) is 4.79 Å². The molecule has 20 heavy (non-hydrogen) atoms. The molecule has 1 heterocycles. The summed E-state index contributed by atoms with van der Waals surface area (Å²) in [6.07, 6.45) is 2.85. The fourth-order valence-electron chi connectivity index (χ4n) is 1.75. The maximum Gasteiger partial charge on any atom is 0.272 e. The van der Waals surface area contributed by atoms with E-state index in [4.69, 9.17) is 5.84 Å². The number of hydrogen-bond donors (Lipinski definition) is 3. The van der Waals surface area contributed by atoms with Crippen LogP contribution < -0.4 is 16.6 Å². The molecule has 6 nitrogen and oxygen atoms in total. The fourth-order valence-corrected chi connectivity index (χ4v) is 1.75. The molecule has 0 fully saturated rings. The Balaban J connectivity index is 2.08. The second kappa shape index (κ2) is 6.12. The van der Waals surface area contributed by atoms with Crippen LogP contribution in [-0.4, -0.2) is 15.9 Å². The van der Waals surface area contributed by atoms with Crippen LogP contribution in [0.5, 0.6) is 0 Å². The SMILES string of the molecule is Cc1ccc(C(C)NC(=O)c2cncc(NN)n2)cc1. The summed E-state index contributed by atoms with van der Waals surface area (Å²) in [6.45, 7) is 3.94. The van der Waals surface area contributed by atoms with Crippen molar-refractivity contribution in [3.8, 4) is 0 Å². The van der Waals surface area contributed by atoms with Crippen molar-refractivity contribution in [1.29, 1.82) is 0 Å². The third-order valence-corrected chi connectivity index (χ3v) is 2.94. The van der Waals surface area contributed by atoms with E-state index in [2.05, 4.69) is 20.7 Å². The lowest BCUT2D eigenvalue weighted by Crippen LogP contribution is -2.28. The molecule has 2 aromatic rings. The highest BCUT2D eigenvalue weighted by Crippen LogP contribution is 2.13. The minimum Gasteiger partial charge on any atom is -0.344 e. The van der Waals surface area contributed by atoms with Crippen molar-refractivity contribution in [1.82, 2.24) is 15.3 Å². The maximum atomic E-state index is 12.1. The van der Waals surface area contributed by atoms with Crippen LogP contribution in [0.4, 0.5) is 5.82 Å². The van der Waals surface area contributed by atoms with E-state index in [0.717, 1.165) is 5.56 Å². The Kier molecular flexibility index (Phi) is 4.27. The number of benzene rings is 1. The topological polar surface area (TPSA) is 92.9 Å². The number of nitrogens with two attached hydrogens (primary N) is 1. The van der Waals surface area contributed by atoms with Gasteiger partial charge in [0, 0.05) is 0 Å². The number of carbonyl (C=O) groups is 1. The Morgan fingerprint density at radius 3 is 2.60 bits per heavy atom. The average molecular weight is 271 g/mol. The average Bonchev–Trinajstić information content (AvgIpc) is 2.47. The molecule has 2 rings (SSSR count). The summed E-state index contributed by atoms with van der Waals surface area (Å²) in [5.74, 6) is 5.30. The Bertz CT molecular complexity index is 597. The molecule has 0 bridgehead atoms. The van der Waals surface area contributed by atoms with E-state index in [1.54, 1.807) is 0 Å². The Labute approximate surface area is 117 Å². The maximum absolute atomic E-state index is 12.1. The number of rotatable bonds is 4. The van der Waals surface area contributed by atoms with Gasteiger partial charge in [-0.15, -0.1) is 0 Å². The smallest absolute Gasteiger partial charge is 0.272 e. The van der Waals surface area contributed by atoms with Gasteiger partial charge >= 0.3 is 0 Å². The molecule has 104 valence electrons. The number of carbonyl (C=O) groups excluding carboxylic acids is 1. The first kappa shape index (κ1) is 14.0. The van der Waals surface area contributed by atoms with Crippen LogP contribution in [0.2, 0.25) is 0 Å². The molecule has 0 saturated heterocycles. The number of amides is 1. The number of hydrazine groups is 1. The van der Waals surface area contributed by atoms with E-state index in [0.29, 0.717) is 5.82 Å². The summed E-state index contributed by atoms with van der Waals surface area (Å²) >= 11 is 0. The van der Waals surface area contributed by atoms with Crippen molar-refractivity contribution >= 4 is 11.7 Å². The van der Waals surface area contributed by atoms with E-state index in [1.807, 2.05) is 38.1 Å². The van der Waals surface area contributed by atoms with Gasteiger partial charge in [0.15, 0.2) is 5.82 Å². The lowest BCUT2D eigenvalue weighted by atomic mass is 10.1. The molecule has 4 N–H and O–H groups in total. The quantitative estimate of drug-likeness (QED) is 0.579. The van der Waals surface area contributed by atoms with Crippen molar-refractivity contribution in [2.24, 2.45) is 5.84 Å². The Hall–Kier alpha value is -2.47.